The Labute approximate surface area is 150 Å². The maximum absolute atomic E-state index is 13.1. The second-order valence-corrected chi connectivity index (χ2v) is 6.68. The van der Waals surface area contributed by atoms with Crippen molar-refractivity contribution in [1.82, 2.24) is 19.5 Å². The van der Waals surface area contributed by atoms with E-state index >= 15 is 0 Å². The summed E-state index contributed by atoms with van der Waals surface area (Å²) in [5, 5.41) is 0. The number of hydrogen-bond donors (Lipinski definition) is 0. The summed E-state index contributed by atoms with van der Waals surface area (Å²) >= 11 is 0. The van der Waals surface area contributed by atoms with Crippen LogP contribution in [0.4, 0.5) is 26.1 Å². The number of aryl methyl sites for hydroxylation is 2. The van der Waals surface area contributed by atoms with Gasteiger partial charge in [0.2, 0.25) is 0 Å². The van der Waals surface area contributed by atoms with Gasteiger partial charge in [-0.3, -0.25) is 0 Å². The Bertz CT molecular complexity index is 959. The van der Waals surface area contributed by atoms with Crippen molar-refractivity contribution in [3.8, 4) is 0 Å². The molecule has 3 aromatic rings. The van der Waals surface area contributed by atoms with Crippen LogP contribution in [0, 0.1) is 0 Å². The van der Waals surface area contributed by atoms with Gasteiger partial charge < -0.3 is 14.4 Å². The van der Waals surface area contributed by atoms with E-state index in [2.05, 4.69) is 15.0 Å². The number of fused-ring (bicyclic) bond motifs is 1. The van der Waals surface area contributed by atoms with Gasteiger partial charge in [-0.05, 0) is 18.1 Å². The maximum Gasteiger partial charge on any atom is 0.282 e. The third kappa shape index (κ3) is 2.75. The summed E-state index contributed by atoms with van der Waals surface area (Å²) in [7, 11) is 3.87. The minimum Gasteiger partial charge on any atom is -0.344 e. The molecule has 6 nitrogen and oxygen atoms in total. The van der Waals surface area contributed by atoms with Gasteiger partial charge in [0.1, 0.15) is 17.2 Å². The van der Waals surface area contributed by atoms with Crippen molar-refractivity contribution in [1.29, 1.82) is 0 Å². The standard InChI is InChI=1S/C18H20F2N6/c1-4-12-5-17(26-9-18(19,20)10-26)22-8-15(12)25(3)16-6-14-13(7-21-16)23-11-24(14)2/h5-8,11H,4,9-10H2,1-3H3. The molecule has 4 heterocycles. The molecule has 1 saturated heterocycles. The number of hydrogen-bond acceptors (Lipinski definition) is 5. The lowest BCUT2D eigenvalue weighted by Crippen LogP contribution is -2.56. The highest BCUT2D eigenvalue weighted by Crippen LogP contribution is 2.34. The predicted molar refractivity (Wildman–Crippen MR) is 97.3 cm³/mol. The van der Waals surface area contributed by atoms with Crippen molar-refractivity contribution in [2.45, 2.75) is 19.3 Å². The summed E-state index contributed by atoms with van der Waals surface area (Å²) in [5.74, 6) is -1.23. The molecule has 8 heteroatoms. The highest BCUT2D eigenvalue weighted by atomic mass is 19.3. The van der Waals surface area contributed by atoms with Crippen LogP contribution in [0.15, 0.2) is 30.9 Å². The normalized spacial score (nSPS) is 16.0. The van der Waals surface area contributed by atoms with Crippen LogP contribution in [0.3, 0.4) is 0 Å². The molecule has 3 aromatic heterocycles. The van der Waals surface area contributed by atoms with Crippen LogP contribution < -0.4 is 9.80 Å². The zero-order valence-electron chi connectivity index (χ0n) is 14.9. The van der Waals surface area contributed by atoms with Crippen LogP contribution >= 0.6 is 0 Å². The van der Waals surface area contributed by atoms with Crippen molar-refractivity contribution in [2.75, 3.05) is 29.9 Å². The first kappa shape index (κ1) is 16.7. The minimum absolute atomic E-state index is 0.267. The van der Waals surface area contributed by atoms with Gasteiger partial charge in [0, 0.05) is 20.2 Å². The van der Waals surface area contributed by atoms with Crippen molar-refractivity contribution in [3.05, 3.63) is 36.4 Å². The SMILES string of the molecule is CCc1cc(N2CC(F)(F)C2)ncc1N(C)c1cc2c(cn1)ncn2C. The first-order valence-electron chi connectivity index (χ1n) is 8.50. The molecule has 4 rings (SSSR count). The van der Waals surface area contributed by atoms with Crippen molar-refractivity contribution < 1.29 is 8.78 Å². The van der Waals surface area contributed by atoms with E-state index in [1.54, 1.807) is 23.6 Å². The van der Waals surface area contributed by atoms with Gasteiger partial charge in [-0.25, -0.2) is 23.7 Å². The molecule has 1 aliphatic heterocycles. The summed E-state index contributed by atoms with van der Waals surface area (Å²) in [6, 6.07) is 3.87. The Balaban J connectivity index is 1.66. The van der Waals surface area contributed by atoms with E-state index in [4.69, 9.17) is 0 Å². The van der Waals surface area contributed by atoms with Gasteiger partial charge in [-0.15, -0.1) is 0 Å². The molecule has 0 spiro atoms. The quantitative estimate of drug-likeness (QED) is 0.717. The lowest BCUT2D eigenvalue weighted by atomic mass is 10.1. The lowest BCUT2D eigenvalue weighted by molar-refractivity contribution is -0.0267. The summed E-state index contributed by atoms with van der Waals surface area (Å²) in [6.45, 7) is 1.51. The van der Waals surface area contributed by atoms with E-state index in [9.17, 15) is 8.78 Å². The van der Waals surface area contributed by atoms with Gasteiger partial charge in [-0.1, -0.05) is 6.92 Å². The molecule has 0 unspecified atom stereocenters. The second-order valence-electron chi connectivity index (χ2n) is 6.68. The minimum atomic E-state index is -2.61. The van der Waals surface area contributed by atoms with Crippen molar-refractivity contribution in [2.24, 2.45) is 7.05 Å². The Morgan fingerprint density at radius 1 is 1.15 bits per heavy atom. The summed E-state index contributed by atoms with van der Waals surface area (Å²) in [4.78, 5) is 16.7. The molecule has 1 aliphatic rings. The molecular weight excluding hydrogens is 338 g/mol. The van der Waals surface area contributed by atoms with Crippen molar-refractivity contribution >= 4 is 28.4 Å². The number of alkyl halides is 2. The lowest BCUT2D eigenvalue weighted by Gasteiger charge is -2.39. The molecule has 0 radical (unpaired) electrons. The summed E-state index contributed by atoms with van der Waals surface area (Å²) in [5.41, 5.74) is 3.79. The van der Waals surface area contributed by atoms with Crippen LogP contribution in [0.5, 0.6) is 0 Å². The number of pyridine rings is 2. The molecule has 0 aromatic carbocycles. The number of rotatable bonds is 4. The van der Waals surface area contributed by atoms with Gasteiger partial charge in [0.15, 0.2) is 0 Å². The molecular formula is C18H20F2N6. The van der Waals surface area contributed by atoms with Crippen LogP contribution in [-0.2, 0) is 13.5 Å². The van der Waals surface area contributed by atoms with E-state index in [1.807, 2.05) is 42.6 Å². The van der Waals surface area contributed by atoms with Gasteiger partial charge >= 0.3 is 0 Å². The number of aromatic nitrogens is 4. The fourth-order valence-electron chi connectivity index (χ4n) is 3.24. The predicted octanol–water partition coefficient (Wildman–Crippen LogP) is 3.15. The third-order valence-electron chi connectivity index (χ3n) is 4.80. The van der Waals surface area contributed by atoms with E-state index in [0.717, 1.165) is 34.5 Å². The van der Waals surface area contributed by atoms with E-state index < -0.39 is 5.92 Å². The fraction of sp³-hybridized carbons (Fsp3) is 0.389. The number of nitrogens with zero attached hydrogens (tertiary/aromatic N) is 6. The van der Waals surface area contributed by atoms with E-state index in [-0.39, 0.29) is 13.1 Å². The zero-order chi connectivity index (χ0) is 18.5. The number of imidazole rings is 1. The Morgan fingerprint density at radius 3 is 2.62 bits per heavy atom. The average Bonchev–Trinajstić information content (AvgIpc) is 2.99. The monoisotopic (exact) mass is 358 g/mol. The zero-order valence-corrected chi connectivity index (χ0v) is 14.9. The Hall–Kier alpha value is -2.77. The van der Waals surface area contributed by atoms with Crippen LogP contribution in [-0.4, -0.2) is 45.6 Å². The maximum atomic E-state index is 13.1. The highest BCUT2D eigenvalue weighted by molar-refractivity contribution is 5.79. The Morgan fingerprint density at radius 2 is 1.92 bits per heavy atom. The van der Waals surface area contributed by atoms with E-state index in [0.29, 0.717) is 5.82 Å². The summed E-state index contributed by atoms with van der Waals surface area (Å²) < 4.78 is 28.2. The number of halogens is 2. The van der Waals surface area contributed by atoms with Crippen LogP contribution in [0.2, 0.25) is 0 Å². The molecule has 1 fully saturated rings. The fourth-order valence-corrected chi connectivity index (χ4v) is 3.24. The largest absolute Gasteiger partial charge is 0.344 e. The van der Waals surface area contributed by atoms with Gasteiger partial charge in [0.25, 0.3) is 5.92 Å². The average molecular weight is 358 g/mol. The third-order valence-corrected chi connectivity index (χ3v) is 4.80. The molecule has 0 atom stereocenters. The molecule has 26 heavy (non-hydrogen) atoms. The molecule has 0 amide bonds. The topological polar surface area (TPSA) is 50.1 Å². The number of anilines is 3. The van der Waals surface area contributed by atoms with E-state index in [1.165, 1.54) is 0 Å². The molecule has 0 bridgehead atoms. The molecule has 0 N–H and O–H groups in total. The van der Waals surface area contributed by atoms with Crippen molar-refractivity contribution in [3.63, 3.8) is 0 Å². The Kier molecular flexibility index (Phi) is 3.78. The van der Waals surface area contributed by atoms with Gasteiger partial charge in [-0.2, -0.15) is 0 Å². The van der Waals surface area contributed by atoms with Crippen LogP contribution in [0.25, 0.3) is 11.0 Å². The molecule has 0 saturated carbocycles. The van der Waals surface area contributed by atoms with Crippen LogP contribution in [0.1, 0.15) is 12.5 Å². The summed E-state index contributed by atoms with van der Waals surface area (Å²) in [6.07, 6.45) is 6.01. The smallest absolute Gasteiger partial charge is 0.282 e. The van der Waals surface area contributed by atoms with Gasteiger partial charge in [0.05, 0.1) is 43.0 Å². The first-order chi connectivity index (χ1) is 12.4. The highest BCUT2D eigenvalue weighted by Gasteiger charge is 2.44. The molecule has 136 valence electrons. The second kappa shape index (κ2) is 5.89. The molecule has 0 aliphatic carbocycles. The first-order valence-corrected chi connectivity index (χ1v) is 8.50.